The van der Waals surface area contributed by atoms with E-state index in [1.165, 1.54) is 10.8 Å². The van der Waals surface area contributed by atoms with Crippen molar-refractivity contribution in [3.05, 3.63) is 69.1 Å². The van der Waals surface area contributed by atoms with Gasteiger partial charge < -0.3 is 14.9 Å². The largest absolute Gasteiger partial charge is 0.394 e. The van der Waals surface area contributed by atoms with Crippen molar-refractivity contribution in [2.45, 2.75) is 31.4 Å². The van der Waals surface area contributed by atoms with Crippen LogP contribution in [0.5, 0.6) is 0 Å². The summed E-state index contributed by atoms with van der Waals surface area (Å²) in [4.78, 5) is 26.7. The number of benzene rings is 1. The van der Waals surface area contributed by atoms with Crippen molar-refractivity contribution >= 4 is 0 Å². The first-order valence-corrected chi connectivity index (χ1v) is 8.79. The molecule has 3 aromatic rings. The molecule has 10 nitrogen and oxygen atoms in total. The lowest BCUT2D eigenvalue weighted by atomic mass is 10.2. The zero-order valence-electron chi connectivity index (χ0n) is 14.8. The summed E-state index contributed by atoms with van der Waals surface area (Å²) in [5, 5.41) is 27.2. The number of aromatic amines is 1. The van der Waals surface area contributed by atoms with Gasteiger partial charge in [-0.15, -0.1) is 5.10 Å². The number of nitrogens with zero attached hydrogens (tertiary/aromatic N) is 4. The molecule has 1 unspecified atom stereocenters. The second-order valence-corrected chi connectivity index (χ2v) is 6.61. The fourth-order valence-electron chi connectivity index (χ4n) is 3.20. The van der Waals surface area contributed by atoms with Gasteiger partial charge in [-0.1, -0.05) is 35.5 Å². The van der Waals surface area contributed by atoms with E-state index in [-0.39, 0.29) is 18.6 Å². The summed E-state index contributed by atoms with van der Waals surface area (Å²) in [6, 6.07) is 9.67. The number of aliphatic hydroxyl groups excluding tert-OH is 2. The Morgan fingerprint density at radius 1 is 1.21 bits per heavy atom. The van der Waals surface area contributed by atoms with E-state index in [2.05, 4.69) is 15.3 Å². The molecule has 2 aromatic heterocycles. The predicted octanol–water partition coefficient (Wildman–Crippen LogP) is -0.516. The van der Waals surface area contributed by atoms with Gasteiger partial charge in [-0.2, -0.15) is 0 Å². The minimum atomic E-state index is -0.899. The van der Waals surface area contributed by atoms with Crippen molar-refractivity contribution in [3.8, 4) is 11.3 Å². The lowest BCUT2D eigenvalue weighted by Gasteiger charge is -2.14. The monoisotopic (exact) mass is 385 g/mol. The molecular weight excluding hydrogens is 366 g/mol. The molecule has 146 valence electrons. The lowest BCUT2D eigenvalue weighted by Crippen LogP contribution is -2.33. The van der Waals surface area contributed by atoms with Gasteiger partial charge in [0.25, 0.3) is 5.56 Å². The van der Waals surface area contributed by atoms with Crippen molar-refractivity contribution in [2.24, 2.45) is 0 Å². The molecule has 3 atom stereocenters. The highest BCUT2D eigenvalue weighted by molar-refractivity contribution is 5.54. The normalized spacial score (nSPS) is 21.9. The third kappa shape index (κ3) is 3.52. The van der Waals surface area contributed by atoms with Gasteiger partial charge in [0.15, 0.2) is 0 Å². The molecule has 1 fully saturated rings. The number of rotatable bonds is 5. The molecular formula is C18H19N5O5. The fourth-order valence-corrected chi connectivity index (χ4v) is 3.20. The first-order valence-electron chi connectivity index (χ1n) is 8.79. The van der Waals surface area contributed by atoms with E-state index >= 15 is 0 Å². The molecule has 0 saturated carbocycles. The number of ether oxygens (including phenoxy) is 1. The molecule has 0 aliphatic carbocycles. The third-order valence-corrected chi connectivity index (χ3v) is 4.66. The summed E-state index contributed by atoms with van der Waals surface area (Å²) in [6.07, 6.45) is 0.609. The fraction of sp³-hybridized carbons (Fsp3) is 0.333. The minimum absolute atomic E-state index is 0.122. The molecule has 1 aliphatic rings. The summed E-state index contributed by atoms with van der Waals surface area (Å²) in [5.41, 5.74) is 0.236. The predicted molar refractivity (Wildman–Crippen MR) is 97.5 cm³/mol. The van der Waals surface area contributed by atoms with E-state index in [1.807, 2.05) is 30.3 Å². The SMILES string of the molecule is O=c1[nH]c(=O)n([C@@H]2CC(O)[C@H](CO)O2)cc1-c1cn(Cc2ccccc2)nn1. The Morgan fingerprint density at radius 3 is 2.71 bits per heavy atom. The zero-order chi connectivity index (χ0) is 19.7. The summed E-state index contributed by atoms with van der Waals surface area (Å²) in [6.45, 7) is 0.123. The Kier molecular flexibility index (Phi) is 4.90. The summed E-state index contributed by atoms with van der Waals surface area (Å²) < 4.78 is 8.29. The first kappa shape index (κ1) is 18.3. The molecule has 0 radical (unpaired) electrons. The lowest BCUT2D eigenvalue weighted by molar-refractivity contribution is -0.0458. The van der Waals surface area contributed by atoms with Crippen LogP contribution in [0.25, 0.3) is 11.3 Å². The van der Waals surface area contributed by atoms with E-state index < -0.39 is 29.7 Å². The van der Waals surface area contributed by atoms with Gasteiger partial charge in [0.1, 0.15) is 18.0 Å². The Balaban J connectivity index is 1.64. The van der Waals surface area contributed by atoms with Crippen molar-refractivity contribution in [1.82, 2.24) is 24.5 Å². The van der Waals surface area contributed by atoms with E-state index in [0.29, 0.717) is 12.2 Å². The number of nitrogens with one attached hydrogen (secondary N) is 1. The van der Waals surface area contributed by atoms with Crippen LogP contribution in [0.1, 0.15) is 18.2 Å². The molecule has 4 rings (SSSR count). The summed E-state index contributed by atoms with van der Waals surface area (Å²) in [7, 11) is 0. The van der Waals surface area contributed by atoms with Crippen molar-refractivity contribution in [3.63, 3.8) is 0 Å². The van der Waals surface area contributed by atoms with Gasteiger partial charge in [0.2, 0.25) is 0 Å². The zero-order valence-corrected chi connectivity index (χ0v) is 14.8. The molecule has 1 aromatic carbocycles. The molecule has 1 aliphatic heterocycles. The minimum Gasteiger partial charge on any atom is -0.394 e. The second kappa shape index (κ2) is 7.50. The summed E-state index contributed by atoms with van der Waals surface area (Å²) >= 11 is 0. The van der Waals surface area contributed by atoms with Gasteiger partial charge in [0, 0.05) is 12.6 Å². The Hall–Kier alpha value is -3.08. The van der Waals surface area contributed by atoms with Crippen LogP contribution in [-0.4, -0.2) is 53.6 Å². The number of H-pyrrole nitrogens is 1. The highest BCUT2D eigenvalue weighted by atomic mass is 16.5. The highest BCUT2D eigenvalue weighted by Crippen LogP contribution is 2.27. The molecule has 3 N–H and O–H groups in total. The van der Waals surface area contributed by atoms with Crippen LogP contribution in [0.4, 0.5) is 0 Å². The maximum absolute atomic E-state index is 12.3. The first-order chi connectivity index (χ1) is 13.5. The van der Waals surface area contributed by atoms with E-state index in [0.717, 1.165) is 5.56 Å². The average molecular weight is 385 g/mol. The highest BCUT2D eigenvalue weighted by Gasteiger charge is 2.35. The van der Waals surface area contributed by atoms with Crippen LogP contribution in [0, 0.1) is 0 Å². The Morgan fingerprint density at radius 2 is 2.00 bits per heavy atom. The average Bonchev–Trinajstić information content (AvgIpc) is 3.29. The molecule has 0 spiro atoms. The van der Waals surface area contributed by atoms with Gasteiger partial charge >= 0.3 is 5.69 Å². The maximum atomic E-state index is 12.3. The van der Waals surface area contributed by atoms with E-state index in [9.17, 15) is 19.8 Å². The van der Waals surface area contributed by atoms with Crippen LogP contribution in [0.15, 0.2) is 52.3 Å². The third-order valence-electron chi connectivity index (χ3n) is 4.66. The van der Waals surface area contributed by atoms with E-state index in [4.69, 9.17) is 4.74 Å². The summed E-state index contributed by atoms with van der Waals surface area (Å²) in [5.74, 6) is 0. The number of aromatic nitrogens is 5. The van der Waals surface area contributed by atoms with Crippen molar-refractivity contribution in [2.75, 3.05) is 6.61 Å². The molecule has 0 bridgehead atoms. The van der Waals surface area contributed by atoms with Crippen molar-refractivity contribution < 1.29 is 14.9 Å². The topological polar surface area (TPSA) is 135 Å². The standard InChI is InChI=1S/C18H19N5O5/c24-10-15-14(25)6-16(28-15)23-8-12(17(26)19-18(23)27)13-9-22(21-20-13)7-11-4-2-1-3-5-11/h1-5,8-9,14-16,24-25H,6-7,10H2,(H,19,26,27)/t14?,15-,16-/m0/s1. The van der Waals surface area contributed by atoms with Crippen LogP contribution in [-0.2, 0) is 11.3 Å². The number of hydrogen-bond donors (Lipinski definition) is 3. The molecule has 3 heterocycles. The second-order valence-electron chi connectivity index (χ2n) is 6.61. The van der Waals surface area contributed by atoms with Gasteiger partial charge in [-0.25, -0.2) is 9.48 Å². The number of hydrogen-bond acceptors (Lipinski definition) is 7. The van der Waals surface area contributed by atoms with E-state index in [1.54, 1.807) is 10.9 Å². The van der Waals surface area contributed by atoms with Crippen LogP contribution >= 0.6 is 0 Å². The molecule has 1 saturated heterocycles. The Labute approximate surface area is 158 Å². The van der Waals surface area contributed by atoms with Crippen LogP contribution in [0.3, 0.4) is 0 Å². The number of aliphatic hydroxyl groups is 2. The Bertz CT molecular complexity index is 1070. The molecule has 10 heteroatoms. The smallest absolute Gasteiger partial charge is 0.330 e. The maximum Gasteiger partial charge on any atom is 0.330 e. The van der Waals surface area contributed by atoms with Gasteiger partial charge in [-0.3, -0.25) is 14.3 Å². The van der Waals surface area contributed by atoms with Crippen LogP contribution < -0.4 is 11.2 Å². The van der Waals surface area contributed by atoms with Gasteiger partial charge in [0.05, 0.1) is 31.0 Å². The van der Waals surface area contributed by atoms with Crippen LogP contribution in [0.2, 0.25) is 0 Å². The molecule has 28 heavy (non-hydrogen) atoms. The van der Waals surface area contributed by atoms with Gasteiger partial charge in [-0.05, 0) is 5.56 Å². The van der Waals surface area contributed by atoms with Crippen molar-refractivity contribution in [1.29, 1.82) is 0 Å². The quantitative estimate of drug-likeness (QED) is 0.538. The molecule has 0 amide bonds.